The lowest BCUT2D eigenvalue weighted by molar-refractivity contribution is -0.0498. The summed E-state index contributed by atoms with van der Waals surface area (Å²) < 4.78 is 30.9. The van der Waals surface area contributed by atoms with Gasteiger partial charge in [0.05, 0.1) is 24.3 Å². The zero-order valence-corrected chi connectivity index (χ0v) is 15.9. The topological polar surface area (TPSA) is 76.4 Å². The van der Waals surface area contributed by atoms with Crippen molar-refractivity contribution in [1.82, 2.24) is 24.7 Å². The number of piperidine rings is 1. The molecule has 0 aromatic carbocycles. The highest BCUT2D eigenvalue weighted by atomic mass is 19.3. The van der Waals surface area contributed by atoms with Crippen LogP contribution < -0.4 is 15.4 Å². The van der Waals surface area contributed by atoms with Crippen molar-refractivity contribution < 1.29 is 13.5 Å². The Labute approximate surface area is 162 Å². The molecular weight excluding hydrogens is 366 g/mol. The van der Waals surface area contributed by atoms with Crippen LogP contribution in [0.2, 0.25) is 0 Å². The first-order chi connectivity index (χ1) is 13.7. The van der Waals surface area contributed by atoms with Crippen molar-refractivity contribution in [3.05, 3.63) is 36.9 Å². The molecule has 2 N–H and O–H groups in total. The van der Waals surface area contributed by atoms with Gasteiger partial charge in [-0.3, -0.25) is 9.38 Å². The van der Waals surface area contributed by atoms with Crippen LogP contribution in [-0.4, -0.2) is 45.1 Å². The number of anilines is 1. The lowest BCUT2D eigenvalue weighted by Gasteiger charge is -2.24. The molecule has 28 heavy (non-hydrogen) atoms. The van der Waals surface area contributed by atoms with Gasteiger partial charge in [-0.15, -0.1) is 0 Å². The van der Waals surface area contributed by atoms with Gasteiger partial charge in [0.1, 0.15) is 22.9 Å². The second-order valence-electron chi connectivity index (χ2n) is 6.09. The summed E-state index contributed by atoms with van der Waals surface area (Å²) in [4.78, 5) is 13.1. The zero-order chi connectivity index (χ0) is 19.9. The van der Waals surface area contributed by atoms with Crippen molar-refractivity contribution in [1.29, 1.82) is 0 Å². The van der Waals surface area contributed by atoms with Crippen LogP contribution in [0.15, 0.2) is 36.9 Å². The van der Waals surface area contributed by atoms with E-state index in [2.05, 4.69) is 30.3 Å². The van der Waals surface area contributed by atoms with Crippen molar-refractivity contribution in [3.8, 4) is 17.1 Å². The molecule has 3 aromatic rings. The molecular formula is C19H24F2N6O. The van der Waals surface area contributed by atoms with Gasteiger partial charge in [0.2, 0.25) is 0 Å². The SMILES string of the molecule is CC.FC(F)Oc1ccn2c(-c3cncc(NC4CCCNC4)n3)cnc2c1. The van der Waals surface area contributed by atoms with E-state index < -0.39 is 6.61 Å². The molecule has 1 unspecified atom stereocenters. The summed E-state index contributed by atoms with van der Waals surface area (Å²) in [5.74, 6) is 0.764. The first-order valence-corrected chi connectivity index (χ1v) is 9.40. The number of imidazole rings is 1. The normalized spacial score (nSPS) is 16.5. The summed E-state index contributed by atoms with van der Waals surface area (Å²) in [5, 5.41) is 6.74. The number of nitrogens with one attached hydrogen (secondary N) is 2. The third kappa shape index (κ3) is 4.72. The van der Waals surface area contributed by atoms with E-state index in [4.69, 9.17) is 0 Å². The maximum Gasteiger partial charge on any atom is 0.387 e. The molecule has 0 aliphatic carbocycles. The number of alkyl halides is 2. The van der Waals surface area contributed by atoms with E-state index >= 15 is 0 Å². The third-order valence-electron chi connectivity index (χ3n) is 4.26. The van der Waals surface area contributed by atoms with E-state index in [1.54, 1.807) is 29.2 Å². The van der Waals surface area contributed by atoms with Gasteiger partial charge >= 0.3 is 6.61 Å². The molecule has 150 valence electrons. The van der Waals surface area contributed by atoms with Gasteiger partial charge < -0.3 is 15.4 Å². The van der Waals surface area contributed by atoms with Crippen LogP contribution in [0.1, 0.15) is 26.7 Å². The summed E-state index contributed by atoms with van der Waals surface area (Å²) in [7, 11) is 0. The van der Waals surface area contributed by atoms with E-state index in [0.29, 0.717) is 23.2 Å². The molecule has 4 heterocycles. The zero-order valence-electron chi connectivity index (χ0n) is 15.9. The second kappa shape index (κ2) is 9.41. The molecule has 4 rings (SSSR count). The Morgan fingerprint density at radius 3 is 2.89 bits per heavy atom. The number of halogens is 2. The minimum absolute atomic E-state index is 0.0657. The number of hydrogen-bond acceptors (Lipinski definition) is 6. The first kappa shape index (κ1) is 19.9. The average Bonchev–Trinajstić information content (AvgIpc) is 3.13. The Hall–Kier alpha value is -2.81. The van der Waals surface area contributed by atoms with Crippen LogP contribution in [0.25, 0.3) is 17.0 Å². The maximum absolute atomic E-state index is 12.3. The largest absolute Gasteiger partial charge is 0.435 e. The van der Waals surface area contributed by atoms with E-state index in [9.17, 15) is 8.78 Å². The first-order valence-electron chi connectivity index (χ1n) is 9.40. The second-order valence-corrected chi connectivity index (χ2v) is 6.09. The molecule has 0 amide bonds. The van der Waals surface area contributed by atoms with Crippen LogP contribution >= 0.6 is 0 Å². The molecule has 0 spiro atoms. The fourth-order valence-corrected chi connectivity index (χ4v) is 3.07. The Morgan fingerprint density at radius 1 is 1.29 bits per heavy atom. The summed E-state index contributed by atoms with van der Waals surface area (Å²) in [6.45, 7) is 3.08. The van der Waals surface area contributed by atoms with Gasteiger partial charge in [-0.1, -0.05) is 13.8 Å². The van der Waals surface area contributed by atoms with E-state index in [1.165, 1.54) is 12.1 Å². The Balaban J connectivity index is 0.00000109. The van der Waals surface area contributed by atoms with Gasteiger partial charge in [0, 0.05) is 24.8 Å². The molecule has 7 nitrogen and oxygen atoms in total. The average molecular weight is 390 g/mol. The van der Waals surface area contributed by atoms with Gasteiger partial charge in [0.15, 0.2) is 0 Å². The standard InChI is InChI=1S/C17H18F2N6O.C2H6/c18-17(19)26-12-3-5-25-14(9-22-16(25)6-12)13-8-21-10-15(24-13)23-11-2-1-4-20-7-11;1-2/h3,5-6,8-11,17,20H,1-2,4,7H2,(H,23,24);1-2H3. The van der Waals surface area contributed by atoms with Crippen LogP contribution in [0.5, 0.6) is 5.75 Å². The quantitative estimate of drug-likeness (QED) is 0.694. The molecule has 0 bridgehead atoms. The fourth-order valence-electron chi connectivity index (χ4n) is 3.07. The van der Waals surface area contributed by atoms with E-state index in [0.717, 1.165) is 31.6 Å². The molecule has 9 heteroatoms. The summed E-state index contributed by atoms with van der Waals surface area (Å²) in [6.07, 6.45) is 8.81. The van der Waals surface area contributed by atoms with Gasteiger partial charge in [0.25, 0.3) is 0 Å². The number of hydrogen-bond donors (Lipinski definition) is 2. The monoisotopic (exact) mass is 390 g/mol. The van der Waals surface area contributed by atoms with Crippen LogP contribution in [0, 0.1) is 0 Å². The summed E-state index contributed by atoms with van der Waals surface area (Å²) in [5.41, 5.74) is 1.87. The highest BCUT2D eigenvalue weighted by Crippen LogP contribution is 2.23. The molecule has 0 radical (unpaired) electrons. The van der Waals surface area contributed by atoms with Crippen LogP contribution in [-0.2, 0) is 0 Å². The lowest BCUT2D eigenvalue weighted by atomic mass is 10.1. The maximum atomic E-state index is 12.3. The number of nitrogens with zero attached hydrogens (tertiary/aromatic N) is 4. The minimum Gasteiger partial charge on any atom is -0.435 e. The number of pyridine rings is 1. The van der Waals surface area contributed by atoms with Gasteiger partial charge in [-0.05, 0) is 25.5 Å². The van der Waals surface area contributed by atoms with E-state index in [-0.39, 0.29) is 5.75 Å². The molecule has 3 aromatic heterocycles. The third-order valence-corrected chi connectivity index (χ3v) is 4.26. The predicted octanol–water partition coefficient (Wildman–Crippen LogP) is 3.58. The molecule has 1 aliphatic heterocycles. The molecule has 1 aliphatic rings. The highest BCUT2D eigenvalue weighted by molar-refractivity contribution is 5.61. The van der Waals surface area contributed by atoms with Gasteiger partial charge in [-0.25, -0.2) is 9.97 Å². The van der Waals surface area contributed by atoms with Crippen LogP contribution in [0.4, 0.5) is 14.6 Å². The van der Waals surface area contributed by atoms with Crippen molar-refractivity contribution >= 4 is 11.5 Å². The van der Waals surface area contributed by atoms with Crippen molar-refractivity contribution in [2.75, 3.05) is 18.4 Å². The number of aromatic nitrogens is 4. The van der Waals surface area contributed by atoms with Crippen LogP contribution in [0.3, 0.4) is 0 Å². The smallest absolute Gasteiger partial charge is 0.387 e. The Kier molecular flexibility index (Phi) is 6.70. The predicted molar refractivity (Wildman–Crippen MR) is 104 cm³/mol. The Morgan fingerprint density at radius 2 is 2.14 bits per heavy atom. The summed E-state index contributed by atoms with van der Waals surface area (Å²) >= 11 is 0. The minimum atomic E-state index is -2.87. The lowest BCUT2D eigenvalue weighted by Crippen LogP contribution is -2.38. The Bertz CT molecular complexity index is 895. The number of ether oxygens (including phenoxy) is 1. The highest BCUT2D eigenvalue weighted by Gasteiger charge is 2.15. The van der Waals surface area contributed by atoms with Crippen molar-refractivity contribution in [2.24, 2.45) is 0 Å². The van der Waals surface area contributed by atoms with E-state index in [1.807, 2.05) is 13.8 Å². The van der Waals surface area contributed by atoms with Crippen molar-refractivity contribution in [3.63, 3.8) is 0 Å². The molecule has 1 atom stereocenters. The van der Waals surface area contributed by atoms with Crippen molar-refractivity contribution in [2.45, 2.75) is 39.3 Å². The molecule has 0 saturated carbocycles. The molecule has 1 saturated heterocycles. The molecule has 1 fully saturated rings. The summed E-state index contributed by atoms with van der Waals surface area (Å²) in [6, 6.07) is 3.25. The van der Waals surface area contributed by atoms with Gasteiger partial charge in [-0.2, -0.15) is 8.78 Å². The number of fused-ring (bicyclic) bond motifs is 1. The number of rotatable bonds is 5. The fraction of sp³-hybridized carbons (Fsp3) is 0.421.